The first-order valence-corrected chi connectivity index (χ1v) is 23.7. The van der Waals surface area contributed by atoms with E-state index in [1.165, 1.54) is 6.33 Å². The Kier molecular flexibility index (Phi) is 13.1. The van der Waals surface area contributed by atoms with Crippen LogP contribution in [0.15, 0.2) is 91.3 Å². The SMILES string of the molecule is COc1ccc(C(OC[C@@H]2C[C@@H](O[Si](C)(C)C(C)(C)C)[C@H](n3cnc4c(N(C(=O)OC(C)(C)C)C(=O)OC(C)(C)C)nc(Cl)nc43)O2)(c2ccccc2)c2ccccc2)cc1. The smallest absolute Gasteiger partial charge is 0.425 e. The highest BCUT2D eigenvalue weighted by Gasteiger charge is 2.48. The minimum absolute atomic E-state index is 0.0992. The molecule has 13 nitrogen and oxygen atoms in total. The van der Waals surface area contributed by atoms with Crippen LogP contribution in [-0.4, -0.2) is 77.1 Å². The topological polar surface area (TPSA) is 136 Å². The van der Waals surface area contributed by atoms with Gasteiger partial charge >= 0.3 is 12.2 Å². The summed E-state index contributed by atoms with van der Waals surface area (Å²) in [7, 11) is -0.775. The van der Waals surface area contributed by atoms with E-state index in [1.54, 1.807) is 53.2 Å². The minimum atomic E-state index is -2.42. The van der Waals surface area contributed by atoms with Crippen molar-refractivity contribution in [2.75, 3.05) is 18.6 Å². The lowest BCUT2D eigenvalue weighted by Gasteiger charge is -2.39. The molecule has 15 heteroatoms. The van der Waals surface area contributed by atoms with Crippen LogP contribution in [0.5, 0.6) is 5.75 Å². The number of carbonyl (C=O) groups excluding carboxylic acids is 2. The van der Waals surface area contributed by atoms with Gasteiger partial charge in [-0.25, -0.2) is 14.6 Å². The number of methoxy groups -OCH3 is 1. The summed E-state index contributed by atoms with van der Waals surface area (Å²) in [4.78, 5) is 41.8. The molecule has 1 aliphatic rings. The molecule has 3 atom stereocenters. The molecule has 2 aromatic heterocycles. The number of hydrogen-bond acceptors (Lipinski definition) is 11. The molecule has 1 fully saturated rings. The Morgan fingerprint density at radius 2 is 1.33 bits per heavy atom. The van der Waals surface area contributed by atoms with Crippen molar-refractivity contribution >= 4 is 49.1 Å². The number of ether oxygens (including phenoxy) is 5. The van der Waals surface area contributed by atoms with Gasteiger partial charge in [0.2, 0.25) is 5.28 Å². The highest BCUT2D eigenvalue weighted by molar-refractivity contribution is 6.74. The third kappa shape index (κ3) is 10.1. The van der Waals surface area contributed by atoms with Gasteiger partial charge in [0.25, 0.3) is 0 Å². The van der Waals surface area contributed by atoms with Crippen LogP contribution in [-0.2, 0) is 29.0 Å². The Balaban J connectivity index is 1.44. The largest absolute Gasteiger partial charge is 0.497 e. The van der Waals surface area contributed by atoms with Crippen LogP contribution in [0, 0.1) is 0 Å². The fourth-order valence-corrected chi connectivity index (χ4v) is 8.43. The van der Waals surface area contributed by atoms with Crippen LogP contribution in [0.1, 0.15) is 91.7 Å². The van der Waals surface area contributed by atoms with Crippen molar-refractivity contribution in [2.24, 2.45) is 0 Å². The highest BCUT2D eigenvalue weighted by Crippen LogP contribution is 2.45. The van der Waals surface area contributed by atoms with Crippen molar-refractivity contribution in [1.29, 1.82) is 0 Å². The molecule has 61 heavy (non-hydrogen) atoms. The summed E-state index contributed by atoms with van der Waals surface area (Å²) in [5, 5.41) is -0.371. The normalized spacial score (nSPS) is 17.6. The second kappa shape index (κ2) is 17.5. The molecular formula is C46H58ClN5O8Si. The molecule has 0 aliphatic carbocycles. The molecule has 0 saturated carbocycles. The number of aromatic nitrogens is 4. The predicted octanol–water partition coefficient (Wildman–Crippen LogP) is 10.9. The zero-order valence-electron chi connectivity index (χ0n) is 37.2. The van der Waals surface area contributed by atoms with E-state index in [0.717, 1.165) is 22.4 Å². The molecule has 5 aromatic rings. The second-order valence-corrected chi connectivity index (χ2v) is 23.8. The van der Waals surface area contributed by atoms with Gasteiger partial charge in [-0.3, -0.25) is 4.57 Å². The number of rotatable bonds is 11. The van der Waals surface area contributed by atoms with Crippen molar-refractivity contribution in [3.63, 3.8) is 0 Å². The molecule has 6 rings (SSSR count). The van der Waals surface area contributed by atoms with Gasteiger partial charge in [-0.15, -0.1) is 0 Å². The van der Waals surface area contributed by atoms with Gasteiger partial charge < -0.3 is 28.1 Å². The third-order valence-electron chi connectivity index (χ3n) is 10.8. The Labute approximate surface area is 364 Å². The Morgan fingerprint density at radius 1 is 0.803 bits per heavy atom. The summed E-state index contributed by atoms with van der Waals surface area (Å²) in [6.45, 7) is 21.2. The van der Waals surface area contributed by atoms with Crippen molar-refractivity contribution in [2.45, 2.75) is 122 Å². The average Bonchev–Trinajstić information content (AvgIpc) is 3.77. The van der Waals surface area contributed by atoms with Crippen LogP contribution in [0.2, 0.25) is 23.4 Å². The van der Waals surface area contributed by atoms with Gasteiger partial charge in [0, 0.05) is 6.42 Å². The van der Waals surface area contributed by atoms with E-state index in [4.69, 9.17) is 39.7 Å². The standard InChI is InChI=1S/C46H58ClN5O8Si/c1-43(2,3)58-41(53)52(42(54)59-44(4,5)6)38-36-37(49-40(47)50-38)51(29-48-36)39-35(60-61(11,12)45(7,8)9)27-34(57-39)28-56-46(30-19-15-13-16-20-30,31-21-17-14-18-22-31)32-23-25-33(55-10)26-24-32/h13-26,29,34-35,39H,27-28H2,1-12H3/t34-,35+,39+/m0/s1. The lowest BCUT2D eigenvalue weighted by Crippen LogP contribution is -2.45. The van der Waals surface area contributed by atoms with E-state index in [2.05, 4.69) is 73.1 Å². The first kappa shape index (κ1) is 45.7. The second-order valence-electron chi connectivity index (χ2n) is 18.7. The number of amides is 2. The third-order valence-corrected chi connectivity index (χ3v) is 15.4. The van der Waals surface area contributed by atoms with Crippen molar-refractivity contribution in [3.05, 3.63) is 113 Å². The summed E-state index contributed by atoms with van der Waals surface area (Å²) in [6, 6.07) is 28.2. The summed E-state index contributed by atoms with van der Waals surface area (Å²) >= 11 is 6.62. The molecule has 1 saturated heterocycles. The van der Waals surface area contributed by atoms with Crippen LogP contribution < -0.4 is 9.64 Å². The molecule has 3 heterocycles. The number of fused-ring (bicyclic) bond motifs is 1. The Hall–Kier alpha value is -4.86. The lowest BCUT2D eigenvalue weighted by molar-refractivity contribution is -0.0841. The quantitative estimate of drug-likeness (QED) is 0.0712. The molecule has 2 amide bonds. The minimum Gasteiger partial charge on any atom is -0.497 e. The Morgan fingerprint density at radius 3 is 1.82 bits per heavy atom. The zero-order valence-corrected chi connectivity index (χ0v) is 38.9. The van der Waals surface area contributed by atoms with Gasteiger partial charge in [-0.1, -0.05) is 93.6 Å². The first-order valence-electron chi connectivity index (χ1n) is 20.4. The highest BCUT2D eigenvalue weighted by atomic mass is 35.5. The average molecular weight is 873 g/mol. The molecule has 326 valence electrons. The number of anilines is 1. The number of halogens is 1. The zero-order chi connectivity index (χ0) is 44.5. The fourth-order valence-electron chi connectivity index (χ4n) is 6.95. The van der Waals surface area contributed by atoms with Gasteiger partial charge in [-0.05, 0) is 100 Å². The van der Waals surface area contributed by atoms with E-state index < -0.39 is 55.7 Å². The maximum absolute atomic E-state index is 13.7. The number of imidazole rings is 1. The number of benzene rings is 3. The number of carbonyl (C=O) groups is 2. The van der Waals surface area contributed by atoms with Crippen LogP contribution >= 0.6 is 11.6 Å². The van der Waals surface area contributed by atoms with Crippen molar-refractivity contribution < 1.29 is 37.7 Å². The van der Waals surface area contributed by atoms with Gasteiger partial charge in [0.1, 0.15) is 22.6 Å². The molecule has 0 radical (unpaired) electrons. The molecule has 1 aliphatic heterocycles. The summed E-state index contributed by atoms with van der Waals surface area (Å²) in [6.07, 6.45) is -1.76. The van der Waals surface area contributed by atoms with Gasteiger partial charge in [0.15, 0.2) is 31.5 Å². The monoisotopic (exact) mass is 871 g/mol. The van der Waals surface area contributed by atoms with Gasteiger partial charge in [-0.2, -0.15) is 14.9 Å². The lowest BCUT2D eigenvalue weighted by atomic mass is 9.80. The van der Waals surface area contributed by atoms with E-state index in [9.17, 15) is 9.59 Å². The van der Waals surface area contributed by atoms with E-state index >= 15 is 0 Å². The molecule has 0 bridgehead atoms. The maximum atomic E-state index is 13.7. The van der Waals surface area contributed by atoms with Crippen LogP contribution in [0.3, 0.4) is 0 Å². The van der Waals surface area contributed by atoms with Crippen molar-refractivity contribution in [3.8, 4) is 5.75 Å². The number of imide groups is 1. The fraction of sp³-hybridized carbons (Fsp3) is 0.457. The van der Waals surface area contributed by atoms with Crippen LogP contribution in [0.25, 0.3) is 11.2 Å². The first-order chi connectivity index (χ1) is 28.5. The molecule has 3 aromatic carbocycles. The predicted molar refractivity (Wildman–Crippen MR) is 238 cm³/mol. The van der Waals surface area contributed by atoms with Crippen LogP contribution in [0.4, 0.5) is 15.4 Å². The summed E-state index contributed by atoms with van der Waals surface area (Å²) < 4.78 is 39.9. The molecule has 0 spiro atoms. The van der Waals surface area contributed by atoms with Crippen molar-refractivity contribution in [1.82, 2.24) is 19.5 Å². The van der Waals surface area contributed by atoms with E-state index in [0.29, 0.717) is 11.3 Å². The molecule has 0 unspecified atom stereocenters. The number of nitrogens with zero attached hydrogens (tertiary/aromatic N) is 5. The summed E-state index contributed by atoms with van der Waals surface area (Å²) in [5.74, 6) is 0.526. The summed E-state index contributed by atoms with van der Waals surface area (Å²) in [5.41, 5.74) is 0.154. The number of hydrogen-bond donors (Lipinski definition) is 0. The molecule has 0 N–H and O–H groups in total. The Bertz CT molecular complexity index is 2240. The maximum Gasteiger partial charge on any atom is 0.425 e. The van der Waals surface area contributed by atoms with E-state index in [-0.39, 0.29) is 33.9 Å². The molecular weight excluding hydrogens is 814 g/mol. The van der Waals surface area contributed by atoms with E-state index in [1.807, 2.05) is 60.7 Å². The van der Waals surface area contributed by atoms with Gasteiger partial charge in [0.05, 0.1) is 32.3 Å².